The van der Waals surface area contributed by atoms with Gasteiger partial charge >= 0.3 is 5.97 Å². The molecular formula is C30H27F2N3O3. The predicted molar refractivity (Wildman–Crippen MR) is 142 cm³/mol. The molecule has 38 heavy (non-hydrogen) atoms. The summed E-state index contributed by atoms with van der Waals surface area (Å²) in [5.41, 5.74) is 3.32. The number of amides is 1. The normalized spacial score (nSPS) is 15.1. The summed E-state index contributed by atoms with van der Waals surface area (Å²) in [6.07, 6.45) is 3.60. The molecule has 194 valence electrons. The Morgan fingerprint density at radius 3 is 2.50 bits per heavy atom. The number of carbonyl (C=O) groups excluding carboxylic acids is 1. The van der Waals surface area contributed by atoms with Gasteiger partial charge in [-0.15, -0.1) is 0 Å². The maximum atomic E-state index is 14.4. The van der Waals surface area contributed by atoms with Gasteiger partial charge in [-0.1, -0.05) is 12.1 Å². The highest BCUT2D eigenvalue weighted by atomic mass is 19.1. The van der Waals surface area contributed by atoms with E-state index in [2.05, 4.69) is 10.3 Å². The second kappa shape index (κ2) is 10.3. The lowest BCUT2D eigenvalue weighted by molar-refractivity contribution is 0.0695. The van der Waals surface area contributed by atoms with Crippen molar-refractivity contribution in [2.45, 2.75) is 25.8 Å². The second-order valence-corrected chi connectivity index (χ2v) is 9.81. The molecule has 0 spiro atoms. The van der Waals surface area contributed by atoms with E-state index in [1.54, 1.807) is 49.3 Å². The largest absolute Gasteiger partial charge is 0.478 e. The van der Waals surface area contributed by atoms with Gasteiger partial charge in [0.15, 0.2) is 0 Å². The number of hydrogen-bond acceptors (Lipinski definition) is 4. The van der Waals surface area contributed by atoms with Gasteiger partial charge in [-0.25, -0.2) is 13.6 Å². The molecule has 1 fully saturated rings. The SMILES string of the molecule is Cc1cc(F)cc(-c2cnc3ccc(-c4cc(F)cc(C(=O)O)c4)cc3c2C(=O)N(C)C[C@@H]2CCCN2)c1. The predicted octanol–water partition coefficient (Wildman–Crippen LogP) is 5.68. The van der Waals surface area contributed by atoms with Crippen LogP contribution >= 0.6 is 0 Å². The molecule has 1 aliphatic rings. The Kier molecular flexibility index (Phi) is 6.91. The van der Waals surface area contributed by atoms with Crippen LogP contribution in [0.25, 0.3) is 33.2 Å². The van der Waals surface area contributed by atoms with Crippen LogP contribution in [0.5, 0.6) is 0 Å². The van der Waals surface area contributed by atoms with Crippen LogP contribution in [0.15, 0.2) is 60.8 Å². The number of aryl methyl sites for hydroxylation is 1. The van der Waals surface area contributed by atoms with Gasteiger partial charge in [0.25, 0.3) is 5.91 Å². The molecule has 4 aromatic rings. The monoisotopic (exact) mass is 515 g/mol. The molecule has 0 bridgehead atoms. The van der Waals surface area contributed by atoms with Crippen molar-refractivity contribution < 1.29 is 23.5 Å². The molecule has 0 aliphatic carbocycles. The van der Waals surface area contributed by atoms with Crippen LogP contribution in [0.4, 0.5) is 8.78 Å². The highest BCUT2D eigenvalue weighted by molar-refractivity contribution is 6.12. The second-order valence-electron chi connectivity index (χ2n) is 9.81. The molecule has 0 saturated carbocycles. The zero-order chi connectivity index (χ0) is 27.0. The Morgan fingerprint density at radius 2 is 1.79 bits per heavy atom. The zero-order valence-corrected chi connectivity index (χ0v) is 21.1. The van der Waals surface area contributed by atoms with Crippen LogP contribution in [-0.4, -0.2) is 53.0 Å². The Hall–Kier alpha value is -4.17. The fourth-order valence-electron chi connectivity index (χ4n) is 5.11. The van der Waals surface area contributed by atoms with Gasteiger partial charge in [0, 0.05) is 36.8 Å². The van der Waals surface area contributed by atoms with Crippen LogP contribution in [0, 0.1) is 18.6 Å². The topological polar surface area (TPSA) is 82.5 Å². The summed E-state index contributed by atoms with van der Waals surface area (Å²) in [5.74, 6) is -2.58. The molecular weight excluding hydrogens is 488 g/mol. The number of rotatable bonds is 6. The van der Waals surface area contributed by atoms with E-state index in [9.17, 15) is 23.5 Å². The van der Waals surface area contributed by atoms with Gasteiger partial charge in [0.1, 0.15) is 11.6 Å². The van der Waals surface area contributed by atoms with Crippen molar-refractivity contribution in [3.05, 3.63) is 89.1 Å². The number of fused-ring (bicyclic) bond motifs is 1. The lowest BCUT2D eigenvalue weighted by Gasteiger charge is -2.24. The van der Waals surface area contributed by atoms with Gasteiger partial charge in [-0.3, -0.25) is 9.78 Å². The fraction of sp³-hybridized carbons (Fsp3) is 0.233. The first-order valence-electron chi connectivity index (χ1n) is 12.4. The van der Waals surface area contributed by atoms with Crippen LogP contribution in [0.3, 0.4) is 0 Å². The molecule has 5 rings (SSSR count). The number of nitrogens with zero attached hydrogens (tertiary/aromatic N) is 2. The molecule has 8 heteroatoms. The van der Waals surface area contributed by atoms with Crippen LogP contribution in [0.2, 0.25) is 0 Å². The first-order valence-corrected chi connectivity index (χ1v) is 12.4. The lowest BCUT2D eigenvalue weighted by Crippen LogP contribution is -2.38. The van der Waals surface area contributed by atoms with Gasteiger partial charge < -0.3 is 15.3 Å². The van der Waals surface area contributed by atoms with Crippen molar-refractivity contribution >= 4 is 22.8 Å². The molecule has 6 nitrogen and oxygen atoms in total. The molecule has 2 heterocycles. The molecule has 3 aromatic carbocycles. The van der Waals surface area contributed by atoms with Crippen LogP contribution < -0.4 is 5.32 Å². The number of aromatic carboxylic acids is 1. The van der Waals surface area contributed by atoms with Crippen molar-refractivity contribution in [2.75, 3.05) is 20.1 Å². The summed E-state index contributed by atoms with van der Waals surface area (Å²) in [5, 5.41) is 13.3. The highest BCUT2D eigenvalue weighted by Gasteiger charge is 2.25. The summed E-state index contributed by atoms with van der Waals surface area (Å²) in [7, 11) is 1.74. The van der Waals surface area contributed by atoms with E-state index in [-0.39, 0.29) is 17.5 Å². The summed E-state index contributed by atoms with van der Waals surface area (Å²) in [6.45, 7) is 3.20. The van der Waals surface area contributed by atoms with E-state index < -0.39 is 17.6 Å². The minimum Gasteiger partial charge on any atom is -0.478 e. The van der Waals surface area contributed by atoms with Crippen LogP contribution in [0.1, 0.15) is 39.1 Å². The Balaban J connectivity index is 1.70. The maximum absolute atomic E-state index is 14.4. The number of halogens is 2. The average molecular weight is 516 g/mol. The van der Waals surface area contributed by atoms with Crippen molar-refractivity contribution in [3.63, 3.8) is 0 Å². The Bertz CT molecular complexity index is 1540. The third kappa shape index (κ3) is 5.13. The average Bonchev–Trinajstić information content (AvgIpc) is 3.39. The van der Waals surface area contributed by atoms with E-state index >= 15 is 0 Å². The van der Waals surface area contributed by atoms with E-state index in [0.717, 1.165) is 25.5 Å². The minimum atomic E-state index is -1.24. The molecule has 0 unspecified atom stereocenters. The number of hydrogen-bond donors (Lipinski definition) is 2. The van der Waals surface area contributed by atoms with Crippen molar-refractivity contribution in [3.8, 4) is 22.3 Å². The summed E-state index contributed by atoms with van der Waals surface area (Å²) in [4.78, 5) is 31.7. The number of aromatic nitrogens is 1. The van der Waals surface area contributed by atoms with Crippen LogP contribution in [-0.2, 0) is 0 Å². The van der Waals surface area contributed by atoms with E-state index in [4.69, 9.17) is 0 Å². The van der Waals surface area contributed by atoms with E-state index in [1.165, 1.54) is 24.3 Å². The quantitative estimate of drug-likeness (QED) is 0.345. The third-order valence-electron chi connectivity index (χ3n) is 6.92. The number of benzene rings is 3. The molecule has 1 aliphatic heterocycles. The Labute approximate surface area is 218 Å². The number of carbonyl (C=O) groups is 2. The van der Waals surface area contributed by atoms with Gasteiger partial charge in [0.2, 0.25) is 0 Å². The van der Waals surface area contributed by atoms with Gasteiger partial charge in [-0.05, 0) is 91.0 Å². The van der Waals surface area contributed by atoms with Crippen molar-refractivity contribution in [1.82, 2.24) is 15.2 Å². The first kappa shape index (κ1) is 25.5. The molecule has 1 atom stereocenters. The highest BCUT2D eigenvalue weighted by Crippen LogP contribution is 2.34. The molecule has 1 amide bonds. The summed E-state index contributed by atoms with van der Waals surface area (Å²) < 4.78 is 28.7. The molecule has 2 N–H and O–H groups in total. The van der Waals surface area contributed by atoms with Crippen molar-refractivity contribution in [2.24, 2.45) is 0 Å². The number of pyridine rings is 1. The fourth-order valence-corrected chi connectivity index (χ4v) is 5.11. The number of carboxylic acids is 1. The summed E-state index contributed by atoms with van der Waals surface area (Å²) >= 11 is 0. The number of likely N-dealkylation sites (N-methyl/N-ethyl adjacent to an activating group) is 1. The van der Waals surface area contributed by atoms with Gasteiger partial charge in [0.05, 0.1) is 16.6 Å². The molecule has 0 radical (unpaired) electrons. The standard InChI is InChI=1S/C30H27F2N3O3/c1-17-8-20(12-22(31)9-17)26-15-34-27-6-5-18(19-10-21(30(37)38)13-23(32)11-19)14-25(27)28(26)29(36)35(2)16-24-4-3-7-33-24/h5-6,8-15,24,33H,3-4,7,16H2,1-2H3,(H,37,38)/t24-/m0/s1. The van der Waals surface area contributed by atoms with Crippen molar-refractivity contribution in [1.29, 1.82) is 0 Å². The minimum absolute atomic E-state index is 0.178. The molecule has 1 aromatic heterocycles. The maximum Gasteiger partial charge on any atom is 0.335 e. The Morgan fingerprint density at radius 1 is 1.03 bits per heavy atom. The smallest absolute Gasteiger partial charge is 0.335 e. The third-order valence-corrected chi connectivity index (χ3v) is 6.92. The summed E-state index contributed by atoms with van der Waals surface area (Å²) in [6, 6.07) is 13.5. The number of nitrogens with one attached hydrogen (secondary N) is 1. The number of carboxylic acid groups (broad SMARTS) is 1. The van der Waals surface area contributed by atoms with E-state index in [0.29, 0.717) is 50.8 Å². The lowest BCUT2D eigenvalue weighted by atomic mass is 9.93. The molecule has 1 saturated heterocycles. The van der Waals surface area contributed by atoms with Gasteiger partial charge in [-0.2, -0.15) is 0 Å². The first-order chi connectivity index (χ1) is 18.2. The van der Waals surface area contributed by atoms with E-state index in [1.807, 2.05) is 0 Å². The zero-order valence-electron chi connectivity index (χ0n) is 21.1.